The van der Waals surface area contributed by atoms with Gasteiger partial charge in [0, 0.05) is 6.07 Å². The molecule has 0 bridgehead atoms. The van der Waals surface area contributed by atoms with Gasteiger partial charge in [0.2, 0.25) is 0 Å². The summed E-state index contributed by atoms with van der Waals surface area (Å²) in [6, 6.07) is 6.08. The molecule has 0 heterocycles. The van der Waals surface area contributed by atoms with Crippen LogP contribution >= 0.6 is 0 Å². The summed E-state index contributed by atoms with van der Waals surface area (Å²) in [6.45, 7) is 0. The Bertz CT molecular complexity index is 644. The van der Waals surface area contributed by atoms with E-state index in [2.05, 4.69) is 0 Å². The van der Waals surface area contributed by atoms with Crippen LogP contribution in [-0.2, 0) is 0 Å². The zero-order valence-electron chi connectivity index (χ0n) is 9.58. The van der Waals surface area contributed by atoms with E-state index in [-0.39, 0.29) is 17.1 Å². The van der Waals surface area contributed by atoms with Gasteiger partial charge in [0.15, 0.2) is 11.6 Å². The molecule has 0 fully saturated rings. The standard InChI is InChI=1S/C13H9F3N2O/c14-7-1-3-11(9(5-7)13(17)18)19-12-4-2-8(15)6-10(12)16/h1-6H,(H3,17,18). The lowest BCUT2D eigenvalue weighted by atomic mass is 10.2. The quantitative estimate of drug-likeness (QED) is 0.662. The summed E-state index contributed by atoms with van der Waals surface area (Å²) in [6.07, 6.45) is 0. The highest BCUT2D eigenvalue weighted by molar-refractivity contribution is 5.97. The van der Waals surface area contributed by atoms with Gasteiger partial charge >= 0.3 is 0 Å². The van der Waals surface area contributed by atoms with E-state index in [4.69, 9.17) is 15.9 Å². The van der Waals surface area contributed by atoms with Crippen molar-refractivity contribution in [3.63, 3.8) is 0 Å². The van der Waals surface area contributed by atoms with Crippen LogP contribution in [0.5, 0.6) is 11.5 Å². The lowest BCUT2D eigenvalue weighted by Crippen LogP contribution is -2.12. The summed E-state index contributed by atoms with van der Waals surface area (Å²) in [5.41, 5.74) is 5.27. The Balaban J connectivity index is 2.40. The minimum Gasteiger partial charge on any atom is -0.454 e. The number of amidine groups is 1. The average Bonchev–Trinajstić information content (AvgIpc) is 2.34. The van der Waals surface area contributed by atoms with Gasteiger partial charge in [-0.2, -0.15) is 0 Å². The average molecular weight is 266 g/mol. The third-order valence-corrected chi connectivity index (χ3v) is 2.35. The molecule has 0 amide bonds. The number of nitrogens with one attached hydrogen (secondary N) is 1. The summed E-state index contributed by atoms with van der Waals surface area (Å²) in [4.78, 5) is 0. The summed E-state index contributed by atoms with van der Waals surface area (Å²) in [5.74, 6) is -2.89. The number of benzene rings is 2. The van der Waals surface area contributed by atoms with Crippen LogP contribution in [0.4, 0.5) is 13.2 Å². The second kappa shape index (κ2) is 5.01. The highest BCUT2D eigenvalue weighted by atomic mass is 19.1. The Labute approximate surface area is 106 Å². The van der Waals surface area contributed by atoms with Crippen LogP contribution in [-0.4, -0.2) is 5.84 Å². The molecule has 0 unspecified atom stereocenters. The minimum absolute atomic E-state index is 0.0104. The van der Waals surface area contributed by atoms with Crippen molar-refractivity contribution in [3.05, 3.63) is 59.4 Å². The normalized spacial score (nSPS) is 10.3. The second-order valence-electron chi connectivity index (χ2n) is 3.73. The van der Waals surface area contributed by atoms with Gasteiger partial charge in [0.05, 0.1) is 5.56 Å². The first-order valence-electron chi connectivity index (χ1n) is 5.24. The monoisotopic (exact) mass is 266 g/mol. The molecule has 3 N–H and O–H groups in total. The Morgan fingerprint density at radius 3 is 2.11 bits per heavy atom. The summed E-state index contributed by atoms with van der Waals surface area (Å²) >= 11 is 0. The molecule has 2 rings (SSSR count). The van der Waals surface area contributed by atoms with Crippen molar-refractivity contribution in [1.29, 1.82) is 5.41 Å². The highest BCUT2D eigenvalue weighted by Crippen LogP contribution is 2.28. The van der Waals surface area contributed by atoms with Crippen molar-refractivity contribution in [1.82, 2.24) is 0 Å². The molecular formula is C13H9F3N2O. The molecule has 0 aliphatic carbocycles. The molecule has 0 saturated carbocycles. The van der Waals surface area contributed by atoms with Gasteiger partial charge in [-0.05, 0) is 30.3 Å². The largest absolute Gasteiger partial charge is 0.454 e. The molecule has 0 atom stereocenters. The van der Waals surface area contributed by atoms with Crippen molar-refractivity contribution in [2.45, 2.75) is 0 Å². The molecule has 0 radical (unpaired) electrons. The van der Waals surface area contributed by atoms with Crippen molar-refractivity contribution in [2.75, 3.05) is 0 Å². The van der Waals surface area contributed by atoms with Crippen LogP contribution in [0.3, 0.4) is 0 Å². The van der Waals surface area contributed by atoms with Crippen LogP contribution < -0.4 is 10.5 Å². The SMILES string of the molecule is N=C(N)c1cc(F)ccc1Oc1ccc(F)cc1F. The fourth-order valence-corrected chi connectivity index (χ4v) is 1.48. The van der Waals surface area contributed by atoms with E-state index < -0.39 is 23.3 Å². The molecule has 0 aliphatic rings. The zero-order chi connectivity index (χ0) is 14.0. The molecule has 3 nitrogen and oxygen atoms in total. The molecular weight excluding hydrogens is 257 g/mol. The van der Waals surface area contributed by atoms with Crippen LogP contribution in [0.2, 0.25) is 0 Å². The molecule has 2 aromatic carbocycles. The molecule has 0 aromatic heterocycles. The predicted octanol–water partition coefficient (Wildman–Crippen LogP) is 3.18. The van der Waals surface area contributed by atoms with E-state index in [0.29, 0.717) is 6.07 Å². The first-order valence-corrected chi connectivity index (χ1v) is 5.24. The molecule has 0 spiro atoms. The van der Waals surface area contributed by atoms with E-state index in [1.807, 2.05) is 0 Å². The van der Waals surface area contributed by atoms with Gasteiger partial charge in [-0.3, -0.25) is 5.41 Å². The van der Waals surface area contributed by atoms with E-state index in [1.54, 1.807) is 0 Å². The fraction of sp³-hybridized carbons (Fsp3) is 0. The van der Waals surface area contributed by atoms with Gasteiger partial charge in [0.1, 0.15) is 23.2 Å². The van der Waals surface area contributed by atoms with Crippen LogP contribution in [0.1, 0.15) is 5.56 Å². The van der Waals surface area contributed by atoms with Crippen molar-refractivity contribution in [2.24, 2.45) is 5.73 Å². The Morgan fingerprint density at radius 2 is 1.53 bits per heavy atom. The zero-order valence-corrected chi connectivity index (χ0v) is 9.58. The number of rotatable bonds is 3. The van der Waals surface area contributed by atoms with E-state index in [0.717, 1.165) is 24.3 Å². The van der Waals surface area contributed by atoms with E-state index >= 15 is 0 Å². The van der Waals surface area contributed by atoms with Crippen molar-refractivity contribution in [3.8, 4) is 11.5 Å². The molecule has 0 saturated heterocycles. The smallest absolute Gasteiger partial charge is 0.168 e. The van der Waals surface area contributed by atoms with Crippen LogP contribution in [0.25, 0.3) is 0 Å². The number of hydrogen-bond donors (Lipinski definition) is 2. The lowest BCUT2D eigenvalue weighted by molar-refractivity contribution is 0.436. The van der Waals surface area contributed by atoms with Gasteiger partial charge in [0.25, 0.3) is 0 Å². The van der Waals surface area contributed by atoms with E-state index in [9.17, 15) is 13.2 Å². The van der Waals surface area contributed by atoms with E-state index in [1.165, 1.54) is 6.07 Å². The van der Waals surface area contributed by atoms with Crippen LogP contribution in [0, 0.1) is 22.9 Å². The summed E-state index contributed by atoms with van der Waals surface area (Å²) in [5, 5.41) is 7.30. The molecule has 6 heteroatoms. The maximum absolute atomic E-state index is 13.4. The Morgan fingerprint density at radius 1 is 0.947 bits per heavy atom. The number of ether oxygens (including phenoxy) is 1. The van der Waals surface area contributed by atoms with Crippen molar-refractivity contribution >= 4 is 5.84 Å². The van der Waals surface area contributed by atoms with Crippen LogP contribution in [0.15, 0.2) is 36.4 Å². The Hall–Kier alpha value is -2.50. The second-order valence-corrected chi connectivity index (χ2v) is 3.73. The van der Waals surface area contributed by atoms with Crippen molar-refractivity contribution < 1.29 is 17.9 Å². The van der Waals surface area contributed by atoms with Gasteiger partial charge < -0.3 is 10.5 Å². The van der Waals surface area contributed by atoms with Gasteiger partial charge in [-0.1, -0.05) is 0 Å². The molecule has 0 aliphatic heterocycles. The molecule has 2 aromatic rings. The summed E-state index contributed by atoms with van der Waals surface area (Å²) in [7, 11) is 0. The minimum atomic E-state index is -0.904. The maximum atomic E-state index is 13.4. The first kappa shape index (κ1) is 12.9. The number of halogens is 3. The molecule has 19 heavy (non-hydrogen) atoms. The third kappa shape index (κ3) is 2.85. The van der Waals surface area contributed by atoms with Gasteiger partial charge in [-0.15, -0.1) is 0 Å². The highest BCUT2D eigenvalue weighted by Gasteiger charge is 2.12. The fourth-order valence-electron chi connectivity index (χ4n) is 1.48. The van der Waals surface area contributed by atoms with Gasteiger partial charge in [-0.25, -0.2) is 13.2 Å². The number of nitrogen functional groups attached to an aromatic ring is 1. The summed E-state index contributed by atoms with van der Waals surface area (Å²) < 4.78 is 44.4. The molecule has 98 valence electrons. The first-order chi connectivity index (χ1) is 8.97. The lowest BCUT2D eigenvalue weighted by Gasteiger charge is -2.11. The topological polar surface area (TPSA) is 59.1 Å². The number of hydrogen-bond acceptors (Lipinski definition) is 2. The third-order valence-electron chi connectivity index (χ3n) is 2.35. The maximum Gasteiger partial charge on any atom is 0.168 e. The Kier molecular flexibility index (Phi) is 3.41. The predicted molar refractivity (Wildman–Crippen MR) is 63.8 cm³/mol. The number of nitrogens with two attached hydrogens (primary N) is 1.